The molecule has 1 aliphatic heterocycles. The molecule has 3 aromatic rings. The van der Waals surface area contributed by atoms with Gasteiger partial charge < -0.3 is 20.7 Å². The summed E-state index contributed by atoms with van der Waals surface area (Å²) in [5.74, 6) is -0.501. The lowest BCUT2D eigenvalue weighted by molar-refractivity contribution is -0.139. The third-order valence-electron chi connectivity index (χ3n) is 7.56. The molecular formula is C29H36N6O5S. The molecule has 0 saturated carbocycles. The van der Waals surface area contributed by atoms with E-state index in [1.807, 2.05) is 39.0 Å². The summed E-state index contributed by atoms with van der Waals surface area (Å²) in [6.07, 6.45) is 4.33. The van der Waals surface area contributed by atoms with E-state index in [-0.39, 0.29) is 17.1 Å². The minimum absolute atomic E-state index is 0.0695. The molecule has 2 heterocycles. The number of sulfonamides is 1. The molecular weight excluding hydrogens is 544 g/mol. The molecule has 0 radical (unpaired) electrons. The number of H-pyrrole nitrogens is 1. The van der Waals surface area contributed by atoms with E-state index in [1.165, 1.54) is 0 Å². The fourth-order valence-corrected chi connectivity index (χ4v) is 6.69. The van der Waals surface area contributed by atoms with E-state index in [2.05, 4.69) is 30.3 Å². The molecule has 0 amide bonds. The molecule has 1 aromatic heterocycles. The highest BCUT2D eigenvalue weighted by Gasteiger charge is 2.30. The number of nitrogens with zero attached hydrogens (tertiary/aromatic N) is 2. The summed E-state index contributed by atoms with van der Waals surface area (Å²) in [6.45, 7) is 11.4. The Hall–Kier alpha value is -4.03. The molecule has 1 atom stereocenters. The lowest BCUT2D eigenvalue weighted by Crippen LogP contribution is -2.43. The van der Waals surface area contributed by atoms with E-state index in [4.69, 9.17) is 0 Å². The van der Waals surface area contributed by atoms with Crippen LogP contribution < -0.4 is 20.9 Å². The Morgan fingerprint density at radius 2 is 1.78 bits per heavy atom. The summed E-state index contributed by atoms with van der Waals surface area (Å²) >= 11 is 0. The fraction of sp³-hybridized carbons (Fsp3) is 0.379. The van der Waals surface area contributed by atoms with Gasteiger partial charge in [0.15, 0.2) is 5.96 Å². The summed E-state index contributed by atoms with van der Waals surface area (Å²) < 4.78 is 29.2. The molecule has 0 fully saturated rings. The highest BCUT2D eigenvalue weighted by molar-refractivity contribution is 7.89. The number of aliphatic carboxylic acids is 1. The smallest absolute Gasteiger partial charge is 0.322 e. The van der Waals surface area contributed by atoms with Crippen LogP contribution in [0.2, 0.25) is 0 Å². The molecule has 12 heteroatoms. The second kappa shape index (κ2) is 12.2. The number of hydrogen-bond donors (Lipinski definition) is 5. The lowest BCUT2D eigenvalue weighted by atomic mass is 9.95. The molecule has 218 valence electrons. The Morgan fingerprint density at radius 1 is 1.10 bits per heavy atom. The van der Waals surface area contributed by atoms with Gasteiger partial charge in [-0.2, -0.15) is 4.72 Å². The van der Waals surface area contributed by atoms with Gasteiger partial charge in [-0.3, -0.25) is 14.6 Å². The number of fused-ring (bicyclic) bond motifs is 1. The molecule has 4 rings (SSSR count). The normalized spacial score (nSPS) is 14.3. The summed E-state index contributed by atoms with van der Waals surface area (Å²) in [5.41, 5.74) is 4.58. The van der Waals surface area contributed by atoms with Crippen LogP contribution in [0, 0.1) is 34.6 Å². The van der Waals surface area contributed by atoms with Crippen LogP contribution in [0.15, 0.2) is 39.0 Å². The van der Waals surface area contributed by atoms with Crippen molar-refractivity contribution in [2.75, 3.05) is 19.6 Å². The Morgan fingerprint density at radius 3 is 2.41 bits per heavy atom. The Labute approximate surface area is 239 Å². The second-order valence-electron chi connectivity index (χ2n) is 10.2. The van der Waals surface area contributed by atoms with E-state index in [9.17, 15) is 23.1 Å². The predicted octanol–water partition coefficient (Wildman–Crippen LogP) is 2.39. The number of hydrogen-bond acceptors (Lipinski definition) is 8. The lowest BCUT2D eigenvalue weighted by Gasteiger charge is -2.21. The number of carbonyl (C=O) groups is 1. The quantitative estimate of drug-likeness (QED) is 0.228. The number of benzene rings is 2. The van der Waals surface area contributed by atoms with Crippen LogP contribution in [0.4, 0.5) is 0 Å². The summed E-state index contributed by atoms with van der Waals surface area (Å²) in [6, 6.07) is 3.68. The van der Waals surface area contributed by atoms with Gasteiger partial charge in [-0.1, -0.05) is 18.2 Å². The number of aromatic nitrogens is 2. The van der Waals surface area contributed by atoms with Crippen LogP contribution >= 0.6 is 0 Å². The van der Waals surface area contributed by atoms with E-state index in [0.29, 0.717) is 22.0 Å². The standard InChI is InChI=1S/C29H36N6O5S/c1-16-17(2)19(4)26(20(5)18(16)3)41(39,40)35-24(28(37)38)15-25-33-23-10-9-21(14-22(23)27(36)34-25)8-6-7-11-30-29-31-12-13-32-29/h6,8-10,14,24,35H,7,11-13,15H2,1-5H3,(H,37,38)(H2,30,31,32)(H,33,34,36)/b8-6+/t24-/m0/s1. The molecule has 0 aliphatic carbocycles. The summed E-state index contributed by atoms with van der Waals surface area (Å²) in [4.78, 5) is 36.4. The van der Waals surface area contributed by atoms with Crippen LogP contribution in [0.3, 0.4) is 0 Å². The summed E-state index contributed by atoms with van der Waals surface area (Å²) in [5, 5.41) is 16.6. The van der Waals surface area contributed by atoms with Crippen molar-refractivity contribution in [2.24, 2.45) is 4.99 Å². The Balaban J connectivity index is 1.52. The zero-order chi connectivity index (χ0) is 29.9. The van der Waals surface area contributed by atoms with Gasteiger partial charge in [-0.25, -0.2) is 13.4 Å². The van der Waals surface area contributed by atoms with E-state index < -0.39 is 27.6 Å². The molecule has 0 spiro atoms. The van der Waals surface area contributed by atoms with Crippen LogP contribution in [-0.2, 0) is 21.2 Å². The fourth-order valence-electron chi connectivity index (χ4n) is 4.90. The number of rotatable bonds is 10. The predicted molar refractivity (Wildman–Crippen MR) is 160 cm³/mol. The van der Waals surface area contributed by atoms with Gasteiger partial charge in [0.2, 0.25) is 10.0 Å². The van der Waals surface area contributed by atoms with Crippen molar-refractivity contribution in [1.82, 2.24) is 25.3 Å². The number of carboxylic acid groups (broad SMARTS) is 1. The minimum Gasteiger partial charge on any atom is -0.480 e. The van der Waals surface area contributed by atoms with Crippen LogP contribution in [0.25, 0.3) is 17.0 Å². The number of nitrogens with one attached hydrogen (secondary N) is 4. The molecule has 0 unspecified atom stereocenters. The number of aromatic amines is 1. The zero-order valence-corrected chi connectivity index (χ0v) is 24.7. The van der Waals surface area contributed by atoms with Crippen molar-refractivity contribution in [3.63, 3.8) is 0 Å². The highest BCUT2D eigenvalue weighted by atomic mass is 32.2. The van der Waals surface area contributed by atoms with E-state index in [1.54, 1.807) is 26.0 Å². The van der Waals surface area contributed by atoms with Gasteiger partial charge in [0.25, 0.3) is 5.56 Å². The number of aliphatic imine (C=N–C) groups is 1. The third-order valence-corrected chi connectivity index (χ3v) is 9.30. The molecule has 5 N–H and O–H groups in total. The van der Waals surface area contributed by atoms with Crippen LogP contribution in [-0.4, -0.2) is 61.1 Å². The average Bonchev–Trinajstić information content (AvgIpc) is 3.44. The summed E-state index contributed by atoms with van der Waals surface area (Å²) in [7, 11) is -4.20. The highest BCUT2D eigenvalue weighted by Crippen LogP contribution is 2.29. The van der Waals surface area contributed by atoms with Gasteiger partial charge in [0, 0.05) is 19.5 Å². The monoisotopic (exact) mass is 580 g/mol. The van der Waals surface area contributed by atoms with E-state index >= 15 is 0 Å². The number of guanidine groups is 1. The van der Waals surface area contributed by atoms with Crippen molar-refractivity contribution in [3.8, 4) is 0 Å². The van der Waals surface area contributed by atoms with E-state index in [0.717, 1.165) is 54.3 Å². The van der Waals surface area contributed by atoms with Gasteiger partial charge in [0.05, 0.1) is 22.3 Å². The van der Waals surface area contributed by atoms with Crippen molar-refractivity contribution >= 4 is 38.9 Å². The third kappa shape index (κ3) is 6.66. The van der Waals surface area contributed by atoms with Crippen molar-refractivity contribution in [2.45, 2.75) is 58.4 Å². The average molecular weight is 581 g/mol. The Kier molecular flexibility index (Phi) is 8.93. The first kappa shape index (κ1) is 29.9. The first-order chi connectivity index (χ1) is 19.4. The maximum absolute atomic E-state index is 13.4. The molecule has 11 nitrogen and oxygen atoms in total. The molecule has 2 aromatic carbocycles. The first-order valence-corrected chi connectivity index (χ1v) is 14.9. The number of carboxylic acids is 1. The van der Waals surface area contributed by atoms with Crippen LogP contribution in [0.5, 0.6) is 0 Å². The van der Waals surface area contributed by atoms with Gasteiger partial charge in [-0.05, 0) is 86.6 Å². The minimum atomic E-state index is -4.20. The van der Waals surface area contributed by atoms with Gasteiger partial charge >= 0.3 is 5.97 Å². The maximum Gasteiger partial charge on any atom is 0.322 e. The second-order valence-corrected chi connectivity index (χ2v) is 11.9. The SMILES string of the molecule is Cc1c(C)c(C)c(S(=O)(=O)N[C@@H](Cc2nc3ccc(/C=C/CCNC4=NCCN4)cc3c(=O)[nH]2)C(=O)O)c(C)c1C. The van der Waals surface area contributed by atoms with Crippen LogP contribution in [0.1, 0.15) is 45.6 Å². The van der Waals surface area contributed by atoms with Gasteiger partial charge in [0.1, 0.15) is 11.9 Å². The zero-order valence-electron chi connectivity index (χ0n) is 23.9. The first-order valence-electron chi connectivity index (χ1n) is 13.4. The molecule has 0 saturated heterocycles. The van der Waals surface area contributed by atoms with Crippen molar-refractivity contribution in [3.05, 3.63) is 73.8 Å². The Bertz CT molecular complexity index is 1700. The van der Waals surface area contributed by atoms with Crippen molar-refractivity contribution in [1.29, 1.82) is 0 Å². The largest absolute Gasteiger partial charge is 0.480 e. The molecule has 1 aliphatic rings. The van der Waals surface area contributed by atoms with Crippen molar-refractivity contribution < 1.29 is 18.3 Å². The van der Waals surface area contributed by atoms with Gasteiger partial charge in [-0.15, -0.1) is 0 Å². The molecule has 41 heavy (non-hydrogen) atoms. The topological polar surface area (TPSA) is 166 Å². The maximum atomic E-state index is 13.4. The molecule has 0 bridgehead atoms.